The van der Waals surface area contributed by atoms with Crippen molar-refractivity contribution in [2.24, 2.45) is 0 Å². The Hall–Kier alpha value is -2.59. The van der Waals surface area contributed by atoms with Crippen molar-refractivity contribution in [3.05, 3.63) is 84.4 Å². The second-order valence-electron chi connectivity index (χ2n) is 7.08. The Labute approximate surface area is 162 Å². The van der Waals surface area contributed by atoms with Gasteiger partial charge in [-0.25, -0.2) is 4.79 Å². The monoisotopic (exact) mass is 363 g/mol. The third-order valence-corrected chi connectivity index (χ3v) is 4.99. The first-order valence-corrected chi connectivity index (χ1v) is 9.74. The van der Waals surface area contributed by atoms with Gasteiger partial charge in [-0.3, -0.25) is 0 Å². The van der Waals surface area contributed by atoms with Crippen LogP contribution in [0.3, 0.4) is 0 Å². The smallest absolute Gasteiger partial charge is 0.318 e. The summed E-state index contributed by atoms with van der Waals surface area (Å²) in [7, 11) is 0. The first kappa shape index (κ1) is 19.2. The molecule has 0 aromatic heterocycles. The topological polar surface area (TPSA) is 35.6 Å². The first-order valence-electron chi connectivity index (χ1n) is 9.74. The molecule has 0 bridgehead atoms. The van der Waals surface area contributed by atoms with Crippen LogP contribution >= 0.6 is 0 Å². The summed E-state index contributed by atoms with van der Waals surface area (Å²) in [6, 6.07) is 20.3. The number of benzene rings is 2. The van der Waals surface area contributed by atoms with E-state index in [2.05, 4.69) is 28.9 Å². The standard InChI is InChI=1S/C23H29N3O/c1-2-15-26(18-20-11-5-3-6-12-20)23(27)24-22(19-25-16-9-10-17-25)21-13-7-4-8-14-21/h2-8,11-14,22H,1,9-10,15-19H2,(H,24,27). The van der Waals surface area contributed by atoms with Gasteiger partial charge in [-0.2, -0.15) is 0 Å². The molecule has 0 aliphatic carbocycles. The van der Waals surface area contributed by atoms with Crippen molar-refractivity contribution in [3.8, 4) is 0 Å². The fraction of sp³-hybridized carbons (Fsp3) is 0.348. The highest BCUT2D eigenvalue weighted by molar-refractivity contribution is 5.75. The molecule has 1 atom stereocenters. The predicted molar refractivity (Wildman–Crippen MR) is 110 cm³/mol. The average molecular weight is 364 g/mol. The summed E-state index contributed by atoms with van der Waals surface area (Å²) in [5, 5.41) is 3.26. The van der Waals surface area contributed by atoms with Crippen LogP contribution in [0.4, 0.5) is 4.79 Å². The minimum Gasteiger partial charge on any atom is -0.330 e. The first-order chi connectivity index (χ1) is 13.3. The zero-order valence-corrected chi connectivity index (χ0v) is 15.9. The van der Waals surface area contributed by atoms with Crippen molar-refractivity contribution in [2.75, 3.05) is 26.2 Å². The molecule has 2 aromatic carbocycles. The van der Waals surface area contributed by atoms with E-state index in [1.165, 1.54) is 12.8 Å². The molecule has 2 aromatic rings. The van der Waals surface area contributed by atoms with Crippen LogP contribution in [0.25, 0.3) is 0 Å². The van der Waals surface area contributed by atoms with Gasteiger partial charge in [0.15, 0.2) is 0 Å². The number of nitrogens with one attached hydrogen (secondary N) is 1. The van der Waals surface area contributed by atoms with Crippen molar-refractivity contribution < 1.29 is 4.79 Å². The maximum absolute atomic E-state index is 13.0. The third kappa shape index (κ3) is 5.69. The highest BCUT2D eigenvalue weighted by Gasteiger charge is 2.22. The minimum absolute atomic E-state index is 0.0140. The van der Waals surface area contributed by atoms with E-state index in [9.17, 15) is 4.79 Å². The second kappa shape index (κ2) is 9.93. The van der Waals surface area contributed by atoms with Crippen molar-refractivity contribution >= 4 is 6.03 Å². The lowest BCUT2D eigenvalue weighted by atomic mass is 10.1. The maximum Gasteiger partial charge on any atom is 0.318 e. The zero-order chi connectivity index (χ0) is 18.9. The van der Waals surface area contributed by atoms with Crippen molar-refractivity contribution in [2.45, 2.75) is 25.4 Å². The van der Waals surface area contributed by atoms with Crippen LogP contribution < -0.4 is 5.32 Å². The molecule has 4 heteroatoms. The SMILES string of the molecule is C=CCN(Cc1ccccc1)C(=O)NC(CN1CCCC1)c1ccccc1. The van der Waals surface area contributed by atoms with Crippen LogP contribution in [0, 0.1) is 0 Å². The number of carbonyl (C=O) groups is 1. The van der Waals surface area contributed by atoms with E-state index in [0.29, 0.717) is 13.1 Å². The summed E-state index contributed by atoms with van der Waals surface area (Å²) in [6.07, 6.45) is 4.26. The Morgan fingerprint density at radius 3 is 2.33 bits per heavy atom. The summed E-state index contributed by atoms with van der Waals surface area (Å²) in [5.41, 5.74) is 2.27. The Morgan fingerprint density at radius 1 is 1.07 bits per heavy atom. The Kier molecular flexibility index (Phi) is 7.05. The molecule has 4 nitrogen and oxygen atoms in total. The average Bonchev–Trinajstić information content (AvgIpc) is 3.22. The maximum atomic E-state index is 13.0. The molecule has 1 aliphatic rings. The normalized spacial score (nSPS) is 15.3. The van der Waals surface area contributed by atoms with Gasteiger partial charge in [0.2, 0.25) is 0 Å². The van der Waals surface area contributed by atoms with Gasteiger partial charge in [0.05, 0.1) is 6.04 Å². The lowest BCUT2D eigenvalue weighted by Crippen LogP contribution is -2.44. The van der Waals surface area contributed by atoms with Gasteiger partial charge < -0.3 is 15.1 Å². The second-order valence-corrected chi connectivity index (χ2v) is 7.08. The minimum atomic E-state index is -0.0493. The highest BCUT2D eigenvalue weighted by Crippen LogP contribution is 2.18. The molecule has 1 saturated heterocycles. The van der Waals surface area contributed by atoms with Crippen LogP contribution in [0.15, 0.2) is 73.3 Å². The van der Waals surface area contributed by atoms with E-state index < -0.39 is 0 Å². The van der Waals surface area contributed by atoms with E-state index >= 15 is 0 Å². The fourth-order valence-corrected chi connectivity index (χ4v) is 3.56. The summed E-state index contributed by atoms with van der Waals surface area (Å²) in [5.74, 6) is 0. The van der Waals surface area contributed by atoms with E-state index in [1.54, 1.807) is 6.08 Å². The molecule has 3 rings (SSSR count). The number of likely N-dealkylation sites (tertiary alicyclic amines) is 1. The molecule has 0 saturated carbocycles. The molecule has 1 N–H and O–H groups in total. The van der Waals surface area contributed by atoms with Crippen molar-refractivity contribution in [1.29, 1.82) is 0 Å². The number of nitrogens with zero attached hydrogens (tertiary/aromatic N) is 2. The van der Waals surface area contributed by atoms with Gasteiger partial charge in [-0.15, -0.1) is 6.58 Å². The number of carbonyl (C=O) groups excluding carboxylic acids is 1. The lowest BCUT2D eigenvalue weighted by molar-refractivity contribution is 0.191. The van der Waals surface area contributed by atoms with Crippen LogP contribution in [0.2, 0.25) is 0 Å². The van der Waals surface area contributed by atoms with E-state index in [4.69, 9.17) is 0 Å². The summed E-state index contributed by atoms with van der Waals surface area (Å²) >= 11 is 0. The zero-order valence-electron chi connectivity index (χ0n) is 15.9. The van der Waals surface area contributed by atoms with E-state index in [0.717, 1.165) is 30.8 Å². The lowest BCUT2D eigenvalue weighted by Gasteiger charge is -2.29. The predicted octanol–water partition coefficient (Wildman–Crippen LogP) is 4.22. The van der Waals surface area contributed by atoms with E-state index in [-0.39, 0.29) is 12.1 Å². The molecular weight excluding hydrogens is 334 g/mol. The number of hydrogen-bond donors (Lipinski definition) is 1. The Bertz CT molecular complexity index is 711. The molecular formula is C23H29N3O. The fourth-order valence-electron chi connectivity index (χ4n) is 3.56. The molecule has 1 unspecified atom stereocenters. The number of amides is 2. The molecule has 0 radical (unpaired) electrons. The van der Waals surface area contributed by atoms with Crippen LogP contribution in [-0.2, 0) is 6.54 Å². The molecule has 1 fully saturated rings. The molecule has 0 spiro atoms. The van der Waals surface area contributed by atoms with Gasteiger partial charge in [-0.1, -0.05) is 66.7 Å². The summed E-state index contributed by atoms with van der Waals surface area (Å²) in [4.78, 5) is 17.3. The van der Waals surface area contributed by atoms with Gasteiger partial charge in [0.25, 0.3) is 0 Å². The van der Waals surface area contributed by atoms with E-state index in [1.807, 2.05) is 53.4 Å². The molecule has 27 heavy (non-hydrogen) atoms. The molecule has 1 heterocycles. The largest absolute Gasteiger partial charge is 0.330 e. The van der Waals surface area contributed by atoms with Gasteiger partial charge in [0, 0.05) is 19.6 Å². The Morgan fingerprint density at radius 2 is 1.70 bits per heavy atom. The molecule has 1 aliphatic heterocycles. The number of urea groups is 1. The number of rotatable bonds is 8. The molecule has 2 amide bonds. The quantitative estimate of drug-likeness (QED) is 0.713. The van der Waals surface area contributed by atoms with Gasteiger partial charge >= 0.3 is 6.03 Å². The van der Waals surface area contributed by atoms with Crippen LogP contribution in [0.1, 0.15) is 30.0 Å². The van der Waals surface area contributed by atoms with Crippen LogP contribution in [0.5, 0.6) is 0 Å². The molecule has 142 valence electrons. The highest BCUT2D eigenvalue weighted by atomic mass is 16.2. The van der Waals surface area contributed by atoms with Crippen molar-refractivity contribution in [1.82, 2.24) is 15.1 Å². The van der Waals surface area contributed by atoms with Gasteiger partial charge in [-0.05, 0) is 37.1 Å². The summed E-state index contributed by atoms with van der Waals surface area (Å²) < 4.78 is 0. The summed E-state index contributed by atoms with van der Waals surface area (Å²) in [6.45, 7) is 7.98. The third-order valence-electron chi connectivity index (χ3n) is 4.99. The van der Waals surface area contributed by atoms with Crippen LogP contribution in [-0.4, -0.2) is 42.0 Å². The van der Waals surface area contributed by atoms with Gasteiger partial charge in [0.1, 0.15) is 0 Å². The Balaban J connectivity index is 1.71. The van der Waals surface area contributed by atoms with Crippen molar-refractivity contribution in [3.63, 3.8) is 0 Å². The number of hydrogen-bond acceptors (Lipinski definition) is 2.